The molecule has 0 saturated carbocycles. The molecule has 1 fully saturated rings. The fourth-order valence-corrected chi connectivity index (χ4v) is 4.96. The monoisotopic (exact) mass is 449 g/mol. The molecule has 0 aliphatic carbocycles. The Morgan fingerprint density at radius 2 is 1.90 bits per heavy atom. The molecule has 0 radical (unpaired) electrons. The highest BCUT2D eigenvalue weighted by atomic mass is 32.1. The van der Waals surface area contributed by atoms with E-state index in [0.717, 1.165) is 55.9 Å². The average Bonchev–Trinajstić information content (AvgIpc) is 3.40. The van der Waals surface area contributed by atoms with Gasteiger partial charge in [-0.05, 0) is 45.2 Å². The fourth-order valence-electron chi connectivity index (χ4n) is 3.48. The third-order valence-corrected chi connectivity index (χ3v) is 7.32. The summed E-state index contributed by atoms with van der Waals surface area (Å²) in [6.45, 7) is 9.98. The normalized spacial score (nSPS) is 16.1. The van der Waals surface area contributed by atoms with Crippen LogP contribution in [-0.2, 0) is 19.5 Å². The van der Waals surface area contributed by atoms with Crippen LogP contribution < -0.4 is 15.5 Å². The molecule has 0 bridgehead atoms. The van der Waals surface area contributed by atoms with Crippen LogP contribution in [0.4, 0.5) is 5.13 Å². The second kappa shape index (κ2) is 11.6. The molecule has 166 valence electrons. The molecule has 1 aliphatic rings. The third kappa shape index (κ3) is 6.92. The Bertz CT molecular complexity index is 791. The van der Waals surface area contributed by atoms with Gasteiger partial charge in [-0.2, -0.15) is 0 Å². The number of hydrogen-bond acceptors (Lipinski definition) is 7. The highest BCUT2D eigenvalue weighted by molar-refractivity contribution is 7.13. The molecule has 1 aliphatic heterocycles. The maximum absolute atomic E-state index is 4.72. The van der Waals surface area contributed by atoms with Crippen LogP contribution in [0.5, 0.6) is 0 Å². The van der Waals surface area contributed by atoms with E-state index in [-0.39, 0.29) is 0 Å². The smallest absolute Gasteiger partial charge is 0.191 e. The Morgan fingerprint density at radius 3 is 2.53 bits per heavy atom. The average molecular weight is 450 g/mol. The van der Waals surface area contributed by atoms with Crippen LogP contribution in [0, 0.1) is 5.92 Å². The minimum Gasteiger partial charge on any atom is -0.357 e. The first-order valence-corrected chi connectivity index (χ1v) is 12.6. The zero-order chi connectivity index (χ0) is 21.3. The molecule has 3 heterocycles. The Kier molecular flexibility index (Phi) is 8.89. The second-order valence-electron chi connectivity index (χ2n) is 7.90. The summed E-state index contributed by atoms with van der Waals surface area (Å²) in [6, 6.07) is 0. The number of likely N-dealkylation sites (tertiary alicyclic amines) is 1. The first-order chi connectivity index (χ1) is 14.6. The van der Waals surface area contributed by atoms with Crippen LogP contribution in [0.15, 0.2) is 15.8 Å². The Balaban J connectivity index is 1.42. The van der Waals surface area contributed by atoms with Crippen molar-refractivity contribution in [3.8, 4) is 0 Å². The van der Waals surface area contributed by atoms with Gasteiger partial charge in [-0.1, -0.05) is 6.92 Å². The van der Waals surface area contributed by atoms with Gasteiger partial charge in [0, 0.05) is 44.5 Å². The molecule has 30 heavy (non-hydrogen) atoms. The summed E-state index contributed by atoms with van der Waals surface area (Å²) in [4.78, 5) is 18.6. The Morgan fingerprint density at radius 1 is 1.13 bits per heavy atom. The van der Waals surface area contributed by atoms with Crippen molar-refractivity contribution in [1.82, 2.24) is 25.5 Å². The number of aliphatic imine (C=N–C) groups is 1. The number of hydrogen-bond donors (Lipinski definition) is 2. The number of aromatic nitrogens is 2. The number of piperidine rings is 1. The molecule has 0 unspecified atom stereocenters. The molecule has 1 saturated heterocycles. The number of guanidine groups is 1. The Hall–Kier alpha value is -1.71. The SMILES string of the molecule is CCNC(=NCc1csc(N(C)C)n1)NCC1CCN(Cc2csc(CC)n2)CC1. The summed E-state index contributed by atoms with van der Waals surface area (Å²) >= 11 is 3.44. The number of rotatable bonds is 9. The summed E-state index contributed by atoms with van der Waals surface area (Å²) in [5, 5.41) is 13.5. The predicted molar refractivity (Wildman–Crippen MR) is 129 cm³/mol. The zero-order valence-corrected chi connectivity index (χ0v) is 20.3. The van der Waals surface area contributed by atoms with Crippen LogP contribution in [0.3, 0.4) is 0 Å². The van der Waals surface area contributed by atoms with Gasteiger partial charge in [0.15, 0.2) is 11.1 Å². The number of thiazole rings is 2. The fraction of sp³-hybridized carbons (Fsp3) is 0.667. The molecule has 9 heteroatoms. The largest absolute Gasteiger partial charge is 0.357 e. The number of nitrogens with one attached hydrogen (secondary N) is 2. The van der Waals surface area contributed by atoms with E-state index < -0.39 is 0 Å². The first kappa shape index (κ1) is 23.0. The van der Waals surface area contributed by atoms with Gasteiger partial charge >= 0.3 is 0 Å². The predicted octanol–water partition coefficient (Wildman–Crippen LogP) is 3.20. The van der Waals surface area contributed by atoms with Gasteiger partial charge in [-0.25, -0.2) is 15.0 Å². The van der Waals surface area contributed by atoms with Gasteiger partial charge < -0.3 is 15.5 Å². The van der Waals surface area contributed by atoms with Crippen molar-refractivity contribution in [2.45, 2.75) is 46.2 Å². The van der Waals surface area contributed by atoms with Crippen LogP contribution in [-0.4, -0.2) is 61.1 Å². The van der Waals surface area contributed by atoms with E-state index in [1.54, 1.807) is 22.7 Å². The van der Waals surface area contributed by atoms with E-state index in [1.165, 1.54) is 23.5 Å². The number of anilines is 1. The minimum atomic E-state index is 0.603. The van der Waals surface area contributed by atoms with Crippen molar-refractivity contribution >= 4 is 33.8 Å². The lowest BCUT2D eigenvalue weighted by Gasteiger charge is -2.31. The molecule has 2 N–H and O–H groups in total. The van der Waals surface area contributed by atoms with Gasteiger partial charge in [0.05, 0.1) is 22.9 Å². The van der Waals surface area contributed by atoms with Crippen molar-refractivity contribution < 1.29 is 0 Å². The molecule has 0 atom stereocenters. The van der Waals surface area contributed by atoms with Crippen molar-refractivity contribution in [1.29, 1.82) is 0 Å². The van der Waals surface area contributed by atoms with Crippen LogP contribution in [0.25, 0.3) is 0 Å². The second-order valence-corrected chi connectivity index (χ2v) is 9.68. The lowest BCUT2D eigenvalue weighted by molar-refractivity contribution is 0.176. The molecule has 3 rings (SSSR count). The summed E-state index contributed by atoms with van der Waals surface area (Å²) in [5.74, 6) is 1.57. The van der Waals surface area contributed by atoms with Crippen LogP contribution in [0.1, 0.15) is 43.1 Å². The van der Waals surface area contributed by atoms with E-state index in [4.69, 9.17) is 9.98 Å². The summed E-state index contributed by atoms with van der Waals surface area (Å²) in [7, 11) is 4.03. The maximum Gasteiger partial charge on any atom is 0.191 e. The Labute approximate surface area is 188 Å². The molecule has 2 aromatic rings. The standard InChI is InChI=1S/C21H35N7S2/c1-5-19-25-18(15-29-19)13-28-9-7-16(8-10-28)11-23-20(22-6-2)24-12-17-14-30-21(26-17)27(3)4/h14-16H,5-13H2,1-4H3,(H2,22,23,24). The molecule has 0 spiro atoms. The van der Waals surface area contributed by atoms with E-state index in [1.807, 2.05) is 19.0 Å². The van der Waals surface area contributed by atoms with Gasteiger partial charge in [-0.3, -0.25) is 4.90 Å². The lowest BCUT2D eigenvalue weighted by atomic mass is 9.97. The molecular weight excluding hydrogens is 414 g/mol. The summed E-state index contributed by atoms with van der Waals surface area (Å²) < 4.78 is 0. The van der Waals surface area contributed by atoms with Crippen LogP contribution >= 0.6 is 22.7 Å². The summed E-state index contributed by atoms with van der Waals surface area (Å²) in [6.07, 6.45) is 3.47. The molecular formula is C21H35N7S2. The number of nitrogens with zero attached hydrogens (tertiary/aromatic N) is 5. The van der Waals surface area contributed by atoms with Gasteiger partial charge in [0.2, 0.25) is 0 Å². The first-order valence-electron chi connectivity index (χ1n) is 10.9. The molecule has 0 aromatic carbocycles. The van der Waals surface area contributed by atoms with E-state index in [0.29, 0.717) is 12.5 Å². The minimum absolute atomic E-state index is 0.603. The highest BCUT2D eigenvalue weighted by Crippen LogP contribution is 2.20. The number of aryl methyl sites for hydroxylation is 1. The van der Waals surface area contributed by atoms with Gasteiger partial charge in [-0.15, -0.1) is 22.7 Å². The van der Waals surface area contributed by atoms with Crippen LogP contribution in [0.2, 0.25) is 0 Å². The van der Waals surface area contributed by atoms with Crippen molar-refractivity contribution in [3.05, 3.63) is 27.2 Å². The zero-order valence-electron chi connectivity index (χ0n) is 18.6. The van der Waals surface area contributed by atoms with E-state index >= 15 is 0 Å². The molecule has 7 nitrogen and oxygen atoms in total. The topological polar surface area (TPSA) is 68.7 Å². The van der Waals surface area contributed by atoms with Gasteiger partial charge in [0.25, 0.3) is 0 Å². The lowest BCUT2D eigenvalue weighted by Crippen LogP contribution is -2.42. The van der Waals surface area contributed by atoms with Crippen molar-refractivity contribution in [3.63, 3.8) is 0 Å². The third-order valence-electron chi connectivity index (χ3n) is 5.22. The van der Waals surface area contributed by atoms with Crippen molar-refractivity contribution in [2.75, 3.05) is 45.2 Å². The van der Waals surface area contributed by atoms with Crippen molar-refractivity contribution in [2.24, 2.45) is 10.9 Å². The van der Waals surface area contributed by atoms with E-state index in [2.05, 4.69) is 45.1 Å². The molecule has 0 amide bonds. The van der Waals surface area contributed by atoms with E-state index in [9.17, 15) is 0 Å². The highest BCUT2D eigenvalue weighted by Gasteiger charge is 2.20. The molecule has 2 aromatic heterocycles. The maximum atomic E-state index is 4.72. The summed E-state index contributed by atoms with van der Waals surface area (Å²) in [5.41, 5.74) is 2.25. The quantitative estimate of drug-likeness (QED) is 0.453. The van der Waals surface area contributed by atoms with Gasteiger partial charge in [0.1, 0.15) is 0 Å².